The zero-order valence-electron chi connectivity index (χ0n) is 13.9. The van der Waals surface area contributed by atoms with E-state index in [0.29, 0.717) is 17.3 Å². The highest BCUT2D eigenvalue weighted by molar-refractivity contribution is 6.30. The van der Waals surface area contributed by atoms with Gasteiger partial charge in [-0.1, -0.05) is 35.9 Å². The van der Waals surface area contributed by atoms with Gasteiger partial charge in [0.05, 0.1) is 12.7 Å². The van der Waals surface area contributed by atoms with Crippen molar-refractivity contribution in [2.24, 2.45) is 0 Å². The number of carbonyl (C=O) groups is 2. The van der Waals surface area contributed by atoms with Gasteiger partial charge in [0.15, 0.2) is 5.76 Å². The highest BCUT2D eigenvalue weighted by atomic mass is 35.5. The highest BCUT2D eigenvalue weighted by Crippen LogP contribution is 2.13. The molecule has 0 aliphatic heterocycles. The number of halogens is 1. The Bertz CT molecular complexity index is 890. The van der Waals surface area contributed by atoms with Crippen LogP contribution in [0.4, 0.5) is 5.69 Å². The molecule has 1 heterocycles. The second-order valence-corrected chi connectivity index (χ2v) is 6.15. The second-order valence-electron chi connectivity index (χ2n) is 5.71. The van der Waals surface area contributed by atoms with Crippen LogP contribution in [0.1, 0.15) is 21.7 Å². The summed E-state index contributed by atoms with van der Waals surface area (Å²) in [5.41, 5.74) is 2.41. The maximum Gasteiger partial charge on any atom is 0.291 e. The van der Waals surface area contributed by atoms with Crippen LogP contribution >= 0.6 is 11.6 Å². The molecule has 132 valence electrons. The lowest BCUT2D eigenvalue weighted by atomic mass is 10.1. The maximum absolute atomic E-state index is 12.1. The van der Waals surface area contributed by atoms with E-state index in [4.69, 9.17) is 16.0 Å². The van der Waals surface area contributed by atoms with Gasteiger partial charge < -0.3 is 15.1 Å². The molecule has 2 aromatic carbocycles. The number of anilines is 1. The van der Waals surface area contributed by atoms with Crippen LogP contribution in [0.3, 0.4) is 0 Å². The van der Waals surface area contributed by atoms with Crippen molar-refractivity contribution in [2.45, 2.75) is 13.0 Å². The van der Waals surface area contributed by atoms with Gasteiger partial charge in [-0.15, -0.1) is 0 Å². The minimum atomic E-state index is -0.320. The average molecular weight is 369 g/mol. The molecule has 2 N–H and O–H groups in total. The van der Waals surface area contributed by atoms with E-state index < -0.39 is 0 Å². The van der Waals surface area contributed by atoms with Crippen molar-refractivity contribution in [3.8, 4) is 0 Å². The molecule has 3 rings (SSSR count). The van der Waals surface area contributed by atoms with Crippen molar-refractivity contribution >= 4 is 29.1 Å². The number of hydrogen-bond acceptors (Lipinski definition) is 3. The lowest BCUT2D eigenvalue weighted by molar-refractivity contribution is -0.120. The summed E-state index contributed by atoms with van der Waals surface area (Å²) in [6.07, 6.45) is 1.73. The van der Waals surface area contributed by atoms with Crippen molar-refractivity contribution in [1.82, 2.24) is 5.32 Å². The van der Waals surface area contributed by atoms with E-state index in [-0.39, 0.29) is 24.0 Å². The monoisotopic (exact) mass is 368 g/mol. The largest absolute Gasteiger partial charge is 0.459 e. The van der Waals surface area contributed by atoms with Crippen molar-refractivity contribution in [2.75, 3.05) is 5.32 Å². The van der Waals surface area contributed by atoms with E-state index in [1.165, 1.54) is 6.26 Å². The number of rotatable bonds is 6. The van der Waals surface area contributed by atoms with Gasteiger partial charge in [0.25, 0.3) is 5.91 Å². The predicted octanol–water partition coefficient (Wildman–Crippen LogP) is 4.04. The maximum atomic E-state index is 12.1. The zero-order chi connectivity index (χ0) is 18.4. The Morgan fingerprint density at radius 3 is 2.50 bits per heavy atom. The number of furan rings is 1. The van der Waals surface area contributed by atoms with Gasteiger partial charge in [0, 0.05) is 17.3 Å². The smallest absolute Gasteiger partial charge is 0.291 e. The summed E-state index contributed by atoms with van der Waals surface area (Å²) < 4.78 is 5.06. The number of nitrogens with one attached hydrogen (secondary N) is 2. The SMILES string of the molecule is O=C(Cc1ccc(Cl)cc1)NCc1cccc(NC(=O)c2ccco2)c1. The van der Waals surface area contributed by atoms with Gasteiger partial charge in [-0.05, 0) is 47.5 Å². The third-order valence-electron chi connectivity index (χ3n) is 3.70. The number of amides is 2. The van der Waals surface area contributed by atoms with Crippen molar-refractivity contribution in [1.29, 1.82) is 0 Å². The van der Waals surface area contributed by atoms with Crippen LogP contribution in [0.2, 0.25) is 5.02 Å². The summed E-state index contributed by atoms with van der Waals surface area (Å²) in [6, 6.07) is 17.7. The minimum Gasteiger partial charge on any atom is -0.459 e. The molecule has 3 aromatic rings. The fraction of sp³-hybridized carbons (Fsp3) is 0.100. The summed E-state index contributed by atoms with van der Waals surface area (Å²) in [6.45, 7) is 0.372. The molecule has 0 saturated carbocycles. The van der Waals surface area contributed by atoms with E-state index in [0.717, 1.165) is 11.1 Å². The molecule has 0 saturated heterocycles. The van der Waals surface area contributed by atoms with Crippen LogP contribution < -0.4 is 10.6 Å². The summed E-state index contributed by atoms with van der Waals surface area (Å²) >= 11 is 5.84. The average Bonchev–Trinajstić information content (AvgIpc) is 3.17. The molecule has 0 radical (unpaired) electrons. The van der Waals surface area contributed by atoms with E-state index in [9.17, 15) is 9.59 Å². The standard InChI is InChI=1S/C20H17ClN2O3/c21-16-8-6-14(7-9-16)12-19(24)22-13-15-3-1-4-17(11-15)23-20(25)18-5-2-10-26-18/h1-11H,12-13H2,(H,22,24)(H,23,25). The Hall–Kier alpha value is -3.05. The second kappa shape index (κ2) is 8.36. The quantitative estimate of drug-likeness (QED) is 0.689. The molecule has 6 heteroatoms. The predicted molar refractivity (Wildman–Crippen MR) is 100 cm³/mol. The Kier molecular flexibility index (Phi) is 5.71. The Labute approximate surface area is 156 Å². The van der Waals surface area contributed by atoms with Gasteiger partial charge in [0.1, 0.15) is 0 Å². The van der Waals surface area contributed by atoms with Crippen LogP contribution in [0.5, 0.6) is 0 Å². The Balaban J connectivity index is 1.54. The molecular formula is C20H17ClN2O3. The van der Waals surface area contributed by atoms with Crippen molar-refractivity contribution in [3.05, 3.63) is 88.8 Å². The zero-order valence-corrected chi connectivity index (χ0v) is 14.6. The first-order chi connectivity index (χ1) is 12.6. The molecular weight excluding hydrogens is 352 g/mol. The van der Waals surface area contributed by atoms with Crippen LogP contribution in [-0.2, 0) is 17.8 Å². The summed E-state index contributed by atoms with van der Waals surface area (Å²) in [7, 11) is 0. The molecule has 2 amide bonds. The first-order valence-electron chi connectivity index (χ1n) is 8.05. The van der Waals surface area contributed by atoms with Gasteiger partial charge in [-0.25, -0.2) is 0 Å². The normalized spacial score (nSPS) is 10.3. The highest BCUT2D eigenvalue weighted by Gasteiger charge is 2.09. The first kappa shape index (κ1) is 17.8. The molecule has 0 bridgehead atoms. The van der Waals surface area contributed by atoms with Crippen LogP contribution in [0.15, 0.2) is 71.3 Å². The summed E-state index contributed by atoms with van der Waals surface area (Å²) in [4.78, 5) is 24.1. The summed E-state index contributed by atoms with van der Waals surface area (Å²) in [5, 5.41) is 6.27. The van der Waals surface area contributed by atoms with E-state index in [2.05, 4.69) is 10.6 Å². The number of hydrogen-bond donors (Lipinski definition) is 2. The van der Waals surface area contributed by atoms with Crippen LogP contribution in [0, 0.1) is 0 Å². The molecule has 0 atom stereocenters. The van der Waals surface area contributed by atoms with Gasteiger partial charge in [-0.2, -0.15) is 0 Å². The lowest BCUT2D eigenvalue weighted by Crippen LogP contribution is -2.24. The third-order valence-corrected chi connectivity index (χ3v) is 3.95. The molecule has 26 heavy (non-hydrogen) atoms. The Morgan fingerprint density at radius 1 is 0.962 bits per heavy atom. The third kappa shape index (κ3) is 4.97. The minimum absolute atomic E-state index is 0.0858. The topological polar surface area (TPSA) is 71.3 Å². The van der Waals surface area contributed by atoms with Crippen LogP contribution in [0.25, 0.3) is 0 Å². The molecule has 0 aliphatic rings. The van der Waals surface area contributed by atoms with Crippen LogP contribution in [-0.4, -0.2) is 11.8 Å². The van der Waals surface area contributed by atoms with E-state index in [1.54, 1.807) is 30.3 Å². The van der Waals surface area contributed by atoms with Gasteiger partial charge in [-0.3, -0.25) is 9.59 Å². The van der Waals surface area contributed by atoms with Gasteiger partial charge >= 0.3 is 0 Å². The van der Waals surface area contributed by atoms with Crippen molar-refractivity contribution in [3.63, 3.8) is 0 Å². The number of benzene rings is 2. The molecule has 1 aromatic heterocycles. The molecule has 0 unspecified atom stereocenters. The van der Waals surface area contributed by atoms with E-state index >= 15 is 0 Å². The molecule has 5 nitrogen and oxygen atoms in total. The fourth-order valence-corrected chi connectivity index (χ4v) is 2.54. The number of carbonyl (C=O) groups excluding carboxylic acids is 2. The first-order valence-corrected chi connectivity index (χ1v) is 8.43. The van der Waals surface area contributed by atoms with E-state index in [1.807, 2.05) is 30.3 Å². The fourth-order valence-electron chi connectivity index (χ4n) is 2.41. The Morgan fingerprint density at radius 2 is 1.77 bits per heavy atom. The molecule has 0 fully saturated rings. The summed E-state index contributed by atoms with van der Waals surface area (Å²) in [5.74, 6) is -0.164. The van der Waals surface area contributed by atoms with Crippen molar-refractivity contribution < 1.29 is 14.0 Å². The van der Waals surface area contributed by atoms with Gasteiger partial charge in [0.2, 0.25) is 5.91 Å². The molecule has 0 aliphatic carbocycles. The lowest BCUT2D eigenvalue weighted by Gasteiger charge is -2.08. The molecule has 0 spiro atoms.